The summed E-state index contributed by atoms with van der Waals surface area (Å²) in [5.41, 5.74) is 0.0564. The maximum absolute atomic E-state index is 10.8. The van der Waals surface area contributed by atoms with Gasteiger partial charge in [0, 0.05) is 0 Å². The Labute approximate surface area is 110 Å². The Balaban J connectivity index is 2.76. The molecule has 0 aliphatic carbocycles. The number of carbonyl (C=O) groups is 1. The van der Waals surface area contributed by atoms with Gasteiger partial charge >= 0.3 is 5.97 Å². The number of benzene rings is 1. The number of rotatable bonds is 6. The zero-order valence-corrected chi connectivity index (χ0v) is 11.0. The van der Waals surface area contributed by atoms with Crippen LogP contribution in [0.25, 0.3) is 0 Å². The van der Waals surface area contributed by atoms with Gasteiger partial charge in [-0.25, -0.2) is 4.79 Å². The number of halogens is 2. The lowest BCUT2D eigenvalue weighted by Crippen LogP contribution is -2.01. The molecule has 0 saturated carbocycles. The minimum atomic E-state index is -1.06. The quantitative estimate of drug-likeness (QED) is 0.790. The van der Waals surface area contributed by atoms with Crippen LogP contribution in [0, 0.1) is 0 Å². The number of hydrogen-bond acceptors (Lipinski definition) is 2. The number of hydrogen-bond donors (Lipinski definition) is 1. The van der Waals surface area contributed by atoms with Gasteiger partial charge in [-0.1, -0.05) is 43.0 Å². The van der Waals surface area contributed by atoms with Crippen LogP contribution >= 0.6 is 23.2 Å². The Morgan fingerprint density at radius 1 is 1.29 bits per heavy atom. The zero-order valence-electron chi connectivity index (χ0n) is 9.50. The molecule has 0 aromatic heterocycles. The molecule has 0 saturated heterocycles. The van der Waals surface area contributed by atoms with Crippen LogP contribution in [0.15, 0.2) is 12.1 Å². The predicted molar refractivity (Wildman–Crippen MR) is 68.4 cm³/mol. The Kier molecular flexibility index (Phi) is 5.59. The first kappa shape index (κ1) is 14.1. The fraction of sp³-hybridized carbons (Fsp3) is 0.417. The second-order valence-electron chi connectivity index (χ2n) is 3.63. The van der Waals surface area contributed by atoms with Gasteiger partial charge in [0.05, 0.1) is 22.2 Å². The standard InChI is InChI=1S/C12H14Cl2O3/c1-2-3-4-5-17-11-9(13)6-8(12(15)16)7-10(11)14/h6-7H,2-5H2,1H3,(H,15,16). The highest BCUT2D eigenvalue weighted by Crippen LogP contribution is 2.34. The minimum absolute atomic E-state index is 0.0564. The molecule has 0 radical (unpaired) electrons. The first-order chi connectivity index (χ1) is 8.06. The van der Waals surface area contributed by atoms with Crippen molar-refractivity contribution in [2.45, 2.75) is 26.2 Å². The lowest BCUT2D eigenvalue weighted by atomic mass is 10.2. The van der Waals surface area contributed by atoms with E-state index >= 15 is 0 Å². The van der Waals surface area contributed by atoms with E-state index in [1.165, 1.54) is 12.1 Å². The molecule has 94 valence electrons. The van der Waals surface area contributed by atoms with Gasteiger partial charge in [0.2, 0.25) is 0 Å². The van der Waals surface area contributed by atoms with Crippen LogP contribution in [0.2, 0.25) is 10.0 Å². The molecule has 0 bridgehead atoms. The molecule has 0 unspecified atom stereocenters. The van der Waals surface area contributed by atoms with Gasteiger partial charge in [0.15, 0.2) is 5.75 Å². The molecule has 0 heterocycles. The summed E-state index contributed by atoms with van der Waals surface area (Å²) in [7, 11) is 0. The van der Waals surface area contributed by atoms with E-state index in [2.05, 4.69) is 6.92 Å². The summed E-state index contributed by atoms with van der Waals surface area (Å²) in [6.45, 7) is 2.63. The number of carboxylic acids is 1. The highest BCUT2D eigenvalue weighted by atomic mass is 35.5. The molecule has 17 heavy (non-hydrogen) atoms. The highest BCUT2D eigenvalue weighted by molar-refractivity contribution is 6.37. The lowest BCUT2D eigenvalue weighted by molar-refractivity contribution is 0.0697. The smallest absolute Gasteiger partial charge is 0.335 e. The Bertz CT molecular complexity index is 382. The van der Waals surface area contributed by atoms with Crippen LogP contribution in [-0.2, 0) is 0 Å². The Morgan fingerprint density at radius 2 is 1.88 bits per heavy atom. The van der Waals surface area contributed by atoms with E-state index in [9.17, 15) is 4.79 Å². The van der Waals surface area contributed by atoms with E-state index in [1.807, 2.05) is 0 Å². The van der Waals surface area contributed by atoms with Gasteiger partial charge in [0.1, 0.15) is 0 Å². The molecule has 1 aromatic carbocycles. The summed E-state index contributed by atoms with van der Waals surface area (Å²) in [5.74, 6) is -0.708. The minimum Gasteiger partial charge on any atom is -0.490 e. The first-order valence-electron chi connectivity index (χ1n) is 5.41. The summed E-state index contributed by atoms with van der Waals surface area (Å²) in [6, 6.07) is 2.68. The van der Waals surface area contributed by atoms with Crippen LogP contribution in [0.3, 0.4) is 0 Å². The molecule has 0 aliphatic rings. The average molecular weight is 277 g/mol. The van der Waals surface area contributed by atoms with Crippen molar-refractivity contribution in [3.8, 4) is 5.75 Å². The Hall–Kier alpha value is -0.930. The number of carboxylic acid groups (broad SMARTS) is 1. The second-order valence-corrected chi connectivity index (χ2v) is 4.44. The van der Waals surface area contributed by atoms with Gasteiger partial charge in [0.25, 0.3) is 0 Å². The molecule has 1 N–H and O–H groups in total. The second kappa shape index (κ2) is 6.72. The molecule has 5 heteroatoms. The molecule has 0 atom stereocenters. The van der Waals surface area contributed by atoms with Crippen molar-refractivity contribution < 1.29 is 14.6 Å². The maximum Gasteiger partial charge on any atom is 0.335 e. The van der Waals surface area contributed by atoms with E-state index in [1.54, 1.807) is 0 Å². The van der Waals surface area contributed by atoms with E-state index in [-0.39, 0.29) is 15.6 Å². The van der Waals surface area contributed by atoms with E-state index in [0.717, 1.165) is 19.3 Å². The molecular formula is C12H14Cl2O3. The van der Waals surface area contributed by atoms with Crippen LogP contribution in [0.1, 0.15) is 36.5 Å². The van der Waals surface area contributed by atoms with Crippen molar-refractivity contribution >= 4 is 29.2 Å². The van der Waals surface area contributed by atoms with Crippen LogP contribution < -0.4 is 4.74 Å². The fourth-order valence-electron chi connectivity index (χ4n) is 1.35. The summed E-state index contributed by atoms with van der Waals surface area (Å²) in [6.07, 6.45) is 3.09. The molecule has 1 aromatic rings. The van der Waals surface area contributed by atoms with Gasteiger partial charge < -0.3 is 9.84 Å². The zero-order chi connectivity index (χ0) is 12.8. The number of unbranched alkanes of at least 4 members (excludes halogenated alkanes) is 2. The third kappa shape index (κ3) is 4.10. The summed E-state index contributed by atoms with van der Waals surface area (Å²) in [5, 5.41) is 9.27. The third-order valence-electron chi connectivity index (χ3n) is 2.24. The highest BCUT2D eigenvalue weighted by Gasteiger charge is 2.13. The van der Waals surface area contributed by atoms with Crippen molar-refractivity contribution in [1.29, 1.82) is 0 Å². The summed E-state index contributed by atoms with van der Waals surface area (Å²) in [4.78, 5) is 10.8. The SMILES string of the molecule is CCCCCOc1c(Cl)cc(C(=O)O)cc1Cl. The van der Waals surface area contributed by atoms with Crippen LogP contribution in [0.5, 0.6) is 5.75 Å². The van der Waals surface area contributed by atoms with Crippen molar-refractivity contribution in [3.63, 3.8) is 0 Å². The molecule has 0 spiro atoms. The fourth-order valence-corrected chi connectivity index (χ4v) is 1.94. The van der Waals surface area contributed by atoms with Crippen molar-refractivity contribution in [2.24, 2.45) is 0 Å². The van der Waals surface area contributed by atoms with E-state index in [0.29, 0.717) is 12.4 Å². The lowest BCUT2D eigenvalue weighted by Gasteiger charge is -2.10. The van der Waals surface area contributed by atoms with E-state index in [4.69, 9.17) is 33.0 Å². The van der Waals surface area contributed by atoms with Crippen molar-refractivity contribution in [3.05, 3.63) is 27.7 Å². The van der Waals surface area contributed by atoms with Gasteiger partial charge in [-0.05, 0) is 18.6 Å². The van der Waals surface area contributed by atoms with Gasteiger partial charge in [-0.3, -0.25) is 0 Å². The largest absolute Gasteiger partial charge is 0.490 e. The average Bonchev–Trinajstić information content (AvgIpc) is 2.26. The first-order valence-corrected chi connectivity index (χ1v) is 6.17. The molecule has 0 fully saturated rings. The predicted octanol–water partition coefficient (Wildman–Crippen LogP) is 4.26. The van der Waals surface area contributed by atoms with Crippen LogP contribution in [-0.4, -0.2) is 17.7 Å². The molecule has 1 rings (SSSR count). The van der Waals surface area contributed by atoms with Crippen molar-refractivity contribution in [2.75, 3.05) is 6.61 Å². The van der Waals surface area contributed by atoms with E-state index < -0.39 is 5.97 Å². The van der Waals surface area contributed by atoms with Crippen molar-refractivity contribution in [1.82, 2.24) is 0 Å². The molecule has 0 aliphatic heterocycles. The number of ether oxygens (including phenoxy) is 1. The Morgan fingerprint density at radius 3 is 2.35 bits per heavy atom. The van der Waals surface area contributed by atoms with Gasteiger partial charge in [-0.2, -0.15) is 0 Å². The normalized spacial score (nSPS) is 10.3. The third-order valence-corrected chi connectivity index (χ3v) is 2.80. The maximum atomic E-state index is 10.8. The topological polar surface area (TPSA) is 46.5 Å². The molecular weight excluding hydrogens is 263 g/mol. The monoisotopic (exact) mass is 276 g/mol. The number of aromatic carboxylic acids is 1. The summed E-state index contributed by atoms with van der Waals surface area (Å²) >= 11 is 11.8. The van der Waals surface area contributed by atoms with Gasteiger partial charge in [-0.15, -0.1) is 0 Å². The molecule has 0 amide bonds. The molecule has 3 nitrogen and oxygen atoms in total. The van der Waals surface area contributed by atoms with Crippen LogP contribution in [0.4, 0.5) is 0 Å². The summed E-state index contributed by atoms with van der Waals surface area (Å²) < 4.78 is 5.45.